The minimum absolute atomic E-state index is 0.126. The first-order valence-electron chi connectivity index (χ1n) is 7.85. The van der Waals surface area contributed by atoms with Gasteiger partial charge in [0, 0.05) is 18.0 Å². The number of nitrogens with zero attached hydrogens (tertiary/aromatic N) is 3. The predicted octanol–water partition coefficient (Wildman–Crippen LogP) is 2.46. The molecule has 5 heteroatoms. The minimum atomic E-state index is -0.126. The first-order chi connectivity index (χ1) is 9.54. The predicted molar refractivity (Wildman–Crippen MR) is 77.2 cm³/mol. The van der Waals surface area contributed by atoms with Crippen molar-refractivity contribution in [2.45, 2.75) is 70.0 Å². The summed E-state index contributed by atoms with van der Waals surface area (Å²) in [6.45, 7) is 4.32. The number of hydrogen-bond donors (Lipinski definition) is 1. The van der Waals surface area contributed by atoms with E-state index in [0.717, 1.165) is 25.1 Å². The van der Waals surface area contributed by atoms with Crippen LogP contribution in [0.15, 0.2) is 4.52 Å². The van der Waals surface area contributed by atoms with Crippen LogP contribution < -0.4 is 5.73 Å². The summed E-state index contributed by atoms with van der Waals surface area (Å²) in [5.74, 6) is 2.48. The Labute approximate surface area is 120 Å². The number of rotatable bonds is 4. The van der Waals surface area contributed by atoms with Gasteiger partial charge in [-0.3, -0.25) is 0 Å². The van der Waals surface area contributed by atoms with Crippen molar-refractivity contribution >= 4 is 0 Å². The van der Waals surface area contributed by atoms with E-state index < -0.39 is 0 Å². The van der Waals surface area contributed by atoms with Gasteiger partial charge < -0.3 is 15.2 Å². The van der Waals surface area contributed by atoms with E-state index in [2.05, 4.69) is 35.9 Å². The number of fused-ring (bicyclic) bond motifs is 2. The molecule has 1 aromatic rings. The zero-order valence-corrected chi connectivity index (χ0v) is 12.7. The standard InChI is InChI=1S/C15H26N4O/c1-9(2)6-13(16)15-17-14(18-20-15)10-7-11-4-5-12(8-10)19(11)3/h9-13H,4-8,16H2,1-3H3/t10?,11?,12?,13-/m1/s1. The number of piperidine rings is 1. The quantitative estimate of drug-likeness (QED) is 0.916. The Morgan fingerprint density at radius 2 is 1.95 bits per heavy atom. The smallest absolute Gasteiger partial charge is 0.243 e. The van der Waals surface area contributed by atoms with Gasteiger partial charge in [-0.1, -0.05) is 19.0 Å². The molecule has 1 aromatic heterocycles. The van der Waals surface area contributed by atoms with E-state index in [1.54, 1.807) is 0 Å². The molecule has 0 aromatic carbocycles. The molecule has 2 unspecified atom stereocenters. The first-order valence-corrected chi connectivity index (χ1v) is 7.85. The highest BCUT2D eigenvalue weighted by atomic mass is 16.5. The van der Waals surface area contributed by atoms with E-state index in [9.17, 15) is 0 Å². The molecule has 2 bridgehead atoms. The summed E-state index contributed by atoms with van der Waals surface area (Å²) in [4.78, 5) is 7.12. The van der Waals surface area contributed by atoms with Crippen molar-refractivity contribution < 1.29 is 4.52 Å². The van der Waals surface area contributed by atoms with Gasteiger partial charge in [0.15, 0.2) is 5.82 Å². The highest BCUT2D eigenvalue weighted by molar-refractivity contribution is 5.06. The average molecular weight is 278 g/mol. The van der Waals surface area contributed by atoms with Gasteiger partial charge in [-0.15, -0.1) is 0 Å². The maximum atomic E-state index is 6.12. The number of hydrogen-bond acceptors (Lipinski definition) is 5. The molecule has 0 saturated carbocycles. The molecule has 2 aliphatic heterocycles. The first kappa shape index (κ1) is 14.0. The molecule has 20 heavy (non-hydrogen) atoms. The topological polar surface area (TPSA) is 68.2 Å². The third kappa shape index (κ3) is 2.61. The van der Waals surface area contributed by atoms with Crippen LogP contribution in [-0.2, 0) is 0 Å². The van der Waals surface area contributed by atoms with E-state index >= 15 is 0 Å². The van der Waals surface area contributed by atoms with E-state index in [-0.39, 0.29) is 6.04 Å². The van der Waals surface area contributed by atoms with Crippen LogP contribution in [0.4, 0.5) is 0 Å². The normalized spacial score (nSPS) is 31.9. The second-order valence-electron chi connectivity index (χ2n) is 6.95. The zero-order valence-electron chi connectivity index (χ0n) is 12.7. The summed E-state index contributed by atoms with van der Waals surface area (Å²) >= 11 is 0. The van der Waals surface area contributed by atoms with Crippen molar-refractivity contribution in [2.75, 3.05) is 7.05 Å². The van der Waals surface area contributed by atoms with Gasteiger partial charge in [-0.2, -0.15) is 4.98 Å². The lowest BCUT2D eigenvalue weighted by Gasteiger charge is -2.34. The van der Waals surface area contributed by atoms with Gasteiger partial charge >= 0.3 is 0 Å². The van der Waals surface area contributed by atoms with Crippen LogP contribution in [0.5, 0.6) is 0 Å². The monoisotopic (exact) mass is 278 g/mol. The maximum absolute atomic E-state index is 6.12. The molecule has 0 radical (unpaired) electrons. The second kappa shape index (κ2) is 5.45. The van der Waals surface area contributed by atoms with Gasteiger partial charge in [-0.25, -0.2) is 0 Å². The lowest BCUT2D eigenvalue weighted by molar-refractivity contribution is 0.157. The van der Waals surface area contributed by atoms with Crippen molar-refractivity contribution in [1.29, 1.82) is 0 Å². The molecule has 0 spiro atoms. The van der Waals surface area contributed by atoms with Crippen LogP contribution in [0, 0.1) is 5.92 Å². The summed E-state index contributed by atoms with van der Waals surface area (Å²) in [6, 6.07) is 1.27. The molecule has 2 aliphatic rings. The Hall–Kier alpha value is -0.940. The van der Waals surface area contributed by atoms with Crippen LogP contribution in [0.2, 0.25) is 0 Å². The Morgan fingerprint density at radius 3 is 2.55 bits per heavy atom. The zero-order chi connectivity index (χ0) is 14.3. The fraction of sp³-hybridized carbons (Fsp3) is 0.867. The average Bonchev–Trinajstić information content (AvgIpc) is 2.92. The molecule has 2 fully saturated rings. The number of aromatic nitrogens is 2. The summed E-state index contributed by atoms with van der Waals surface area (Å²) < 4.78 is 5.40. The summed E-state index contributed by atoms with van der Waals surface area (Å²) in [7, 11) is 2.25. The van der Waals surface area contributed by atoms with Gasteiger partial charge in [0.05, 0.1) is 6.04 Å². The van der Waals surface area contributed by atoms with E-state index in [4.69, 9.17) is 10.3 Å². The molecule has 3 rings (SSSR count). The Balaban J connectivity index is 1.68. The molecular weight excluding hydrogens is 252 g/mol. The summed E-state index contributed by atoms with van der Waals surface area (Å²) in [6.07, 6.45) is 5.83. The van der Waals surface area contributed by atoms with E-state index in [0.29, 0.717) is 29.8 Å². The summed E-state index contributed by atoms with van der Waals surface area (Å²) in [5, 5.41) is 4.21. The van der Waals surface area contributed by atoms with Crippen LogP contribution in [-0.4, -0.2) is 34.2 Å². The molecule has 2 saturated heterocycles. The molecule has 0 amide bonds. The fourth-order valence-corrected chi connectivity index (χ4v) is 3.79. The second-order valence-corrected chi connectivity index (χ2v) is 6.95. The largest absolute Gasteiger partial charge is 0.338 e. The third-order valence-corrected chi connectivity index (χ3v) is 4.96. The van der Waals surface area contributed by atoms with Crippen molar-refractivity contribution in [3.05, 3.63) is 11.7 Å². The van der Waals surface area contributed by atoms with Crippen molar-refractivity contribution in [3.63, 3.8) is 0 Å². The van der Waals surface area contributed by atoms with Gasteiger partial charge in [-0.05, 0) is 45.1 Å². The molecular formula is C15H26N4O. The van der Waals surface area contributed by atoms with E-state index in [1.165, 1.54) is 12.8 Å². The fourth-order valence-electron chi connectivity index (χ4n) is 3.79. The van der Waals surface area contributed by atoms with Crippen molar-refractivity contribution in [1.82, 2.24) is 15.0 Å². The lowest BCUT2D eigenvalue weighted by Crippen LogP contribution is -2.39. The molecule has 0 aliphatic carbocycles. The molecule has 2 N–H and O–H groups in total. The minimum Gasteiger partial charge on any atom is -0.338 e. The SMILES string of the molecule is CC(C)C[C@@H](N)c1nc(C2CC3CCC(C2)N3C)no1. The van der Waals surface area contributed by atoms with Crippen LogP contribution in [0.3, 0.4) is 0 Å². The Morgan fingerprint density at radius 1 is 1.30 bits per heavy atom. The van der Waals surface area contributed by atoms with Crippen molar-refractivity contribution in [3.8, 4) is 0 Å². The molecule has 112 valence electrons. The van der Waals surface area contributed by atoms with Gasteiger partial charge in [0.2, 0.25) is 5.89 Å². The van der Waals surface area contributed by atoms with Gasteiger partial charge in [0.25, 0.3) is 0 Å². The lowest BCUT2D eigenvalue weighted by atomic mass is 9.90. The summed E-state index contributed by atoms with van der Waals surface area (Å²) in [5.41, 5.74) is 6.12. The van der Waals surface area contributed by atoms with E-state index in [1.807, 2.05) is 0 Å². The Bertz CT molecular complexity index is 444. The molecule has 3 atom stereocenters. The maximum Gasteiger partial charge on any atom is 0.243 e. The third-order valence-electron chi connectivity index (χ3n) is 4.96. The van der Waals surface area contributed by atoms with Gasteiger partial charge in [0.1, 0.15) is 0 Å². The highest BCUT2D eigenvalue weighted by Gasteiger charge is 2.40. The van der Waals surface area contributed by atoms with Crippen LogP contribution in [0.1, 0.15) is 69.6 Å². The molecule has 3 heterocycles. The molecule has 5 nitrogen and oxygen atoms in total. The number of nitrogens with two attached hydrogens (primary N) is 1. The highest BCUT2D eigenvalue weighted by Crippen LogP contribution is 2.41. The Kier molecular flexibility index (Phi) is 3.82. The van der Waals surface area contributed by atoms with Crippen molar-refractivity contribution in [2.24, 2.45) is 11.7 Å². The van der Waals surface area contributed by atoms with Crippen LogP contribution >= 0.6 is 0 Å². The van der Waals surface area contributed by atoms with Crippen LogP contribution in [0.25, 0.3) is 0 Å².